The zero-order valence-electron chi connectivity index (χ0n) is 12.6. The van der Waals surface area contributed by atoms with Crippen LogP contribution in [-0.2, 0) is 11.8 Å². The lowest BCUT2D eigenvalue weighted by Crippen LogP contribution is -2.28. The molecule has 3 heterocycles. The third kappa shape index (κ3) is 3.10. The van der Waals surface area contributed by atoms with Gasteiger partial charge in [0.15, 0.2) is 0 Å². The predicted molar refractivity (Wildman–Crippen MR) is 82.1 cm³/mol. The minimum Gasteiger partial charge on any atom is -0.382 e. The normalized spacial score (nSPS) is 21.3. The Labute approximate surface area is 129 Å². The molecule has 0 aromatic carbocycles. The second-order valence-corrected chi connectivity index (χ2v) is 5.56. The summed E-state index contributed by atoms with van der Waals surface area (Å²) in [7, 11) is 1.91. The van der Waals surface area contributed by atoms with Gasteiger partial charge in [0.1, 0.15) is 6.07 Å². The molecule has 3 rings (SSSR count). The van der Waals surface area contributed by atoms with Gasteiger partial charge in [-0.15, -0.1) is 0 Å². The van der Waals surface area contributed by atoms with Crippen molar-refractivity contribution in [1.82, 2.24) is 14.8 Å². The van der Waals surface area contributed by atoms with Crippen molar-refractivity contribution in [2.45, 2.75) is 18.9 Å². The summed E-state index contributed by atoms with van der Waals surface area (Å²) in [5.41, 5.74) is 2.51. The highest BCUT2D eigenvalue weighted by molar-refractivity contribution is 5.55. The van der Waals surface area contributed by atoms with Crippen LogP contribution in [0.5, 0.6) is 0 Å². The summed E-state index contributed by atoms with van der Waals surface area (Å²) in [4.78, 5) is 4.08. The molecule has 2 atom stereocenters. The molecule has 114 valence electrons. The zero-order valence-corrected chi connectivity index (χ0v) is 12.6. The Morgan fingerprint density at radius 2 is 2.41 bits per heavy atom. The number of nitrogens with zero attached hydrogens (tertiary/aromatic N) is 4. The number of pyridine rings is 1. The second kappa shape index (κ2) is 6.58. The molecule has 6 heteroatoms. The first-order valence-electron chi connectivity index (χ1n) is 7.46. The largest absolute Gasteiger partial charge is 0.382 e. The molecular formula is C16H19N5O. The standard InChI is InChI=1S/C16H19N5O/c1-21-11-14(9-20-21)16-13(3-2-6-22-16)8-19-15-10-18-5-4-12(15)7-17/h4-5,9-11,13,16,19H,2-3,6,8H2,1H3/t13-,16+/m0/s1. The van der Waals surface area contributed by atoms with Gasteiger partial charge in [-0.25, -0.2) is 0 Å². The van der Waals surface area contributed by atoms with E-state index in [-0.39, 0.29) is 6.10 Å². The van der Waals surface area contributed by atoms with Crippen LogP contribution in [0, 0.1) is 17.2 Å². The molecule has 1 aliphatic heterocycles. The van der Waals surface area contributed by atoms with Crippen LogP contribution in [0.1, 0.15) is 30.1 Å². The molecule has 1 saturated heterocycles. The summed E-state index contributed by atoms with van der Waals surface area (Å²) < 4.78 is 7.76. The van der Waals surface area contributed by atoms with E-state index in [2.05, 4.69) is 21.5 Å². The van der Waals surface area contributed by atoms with Crippen LogP contribution in [0.4, 0.5) is 5.69 Å². The second-order valence-electron chi connectivity index (χ2n) is 5.56. The van der Waals surface area contributed by atoms with Crippen molar-refractivity contribution in [2.75, 3.05) is 18.5 Å². The molecule has 2 aromatic heterocycles. The minimum atomic E-state index is 0.0529. The van der Waals surface area contributed by atoms with Crippen LogP contribution in [0.3, 0.4) is 0 Å². The first-order chi connectivity index (χ1) is 10.8. The lowest BCUT2D eigenvalue weighted by molar-refractivity contribution is -0.0238. The molecule has 0 unspecified atom stereocenters. The van der Waals surface area contributed by atoms with Crippen LogP contribution >= 0.6 is 0 Å². The van der Waals surface area contributed by atoms with Gasteiger partial charge in [0.25, 0.3) is 0 Å². The lowest BCUT2D eigenvalue weighted by Gasteiger charge is -2.31. The molecule has 22 heavy (non-hydrogen) atoms. The number of ether oxygens (including phenoxy) is 1. The van der Waals surface area contributed by atoms with E-state index in [1.807, 2.05) is 19.4 Å². The Morgan fingerprint density at radius 1 is 1.50 bits per heavy atom. The van der Waals surface area contributed by atoms with Gasteiger partial charge in [-0.05, 0) is 18.9 Å². The first-order valence-corrected chi connectivity index (χ1v) is 7.46. The van der Waals surface area contributed by atoms with Crippen LogP contribution in [-0.4, -0.2) is 27.9 Å². The van der Waals surface area contributed by atoms with E-state index < -0.39 is 0 Å². The van der Waals surface area contributed by atoms with Gasteiger partial charge in [-0.1, -0.05) is 0 Å². The molecule has 0 spiro atoms. The van der Waals surface area contributed by atoms with Crippen molar-refractivity contribution < 1.29 is 4.74 Å². The van der Waals surface area contributed by atoms with Crippen molar-refractivity contribution in [2.24, 2.45) is 13.0 Å². The van der Waals surface area contributed by atoms with E-state index in [4.69, 9.17) is 10.00 Å². The summed E-state index contributed by atoms with van der Waals surface area (Å²) in [6.45, 7) is 1.53. The van der Waals surface area contributed by atoms with Crippen molar-refractivity contribution >= 4 is 5.69 Å². The van der Waals surface area contributed by atoms with Crippen LogP contribution < -0.4 is 5.32 Å². The number of hydrogen-bond acceptors (Lipinski definition) is 5. The van der Waals surface area contributed by atoms with E-state index in [1.165, 1.54) is 0 Å². The zero-order chi connectivity index (χ0) is 15.4. The SMILES string of the molecule is Cn1cc([C@@H]2OCCC[C@H]2CNc2cnccc2C#N)cn1. The minimum absolute atomic E-state index is 0.0529. The van der Waals surface area contributed by atoms with Gasteiger partial charge in [0.2, 0.25) is 0 Å². The molecule has 6 nitrogen and oxygen atoms in total. The van der Waals surface area contributed by atoms with Crippen molar-refractivity contribution in [3.8, 4) is 6.07 Å². The summed E-state index contributed by atoms with van der Waals surface area (Å²) in [5, 5.41) is 16.7. The van der Waals surface area contributed by atoms with Gasteiger partial charge >= 0.3 is 0 Å². The Balaban J connectivity index is 1.71. The quantitative estimate of drug-likeness (QED) is 0.937. The van der Waals surface area contributed by atoms with E-state index in [0.29, 0.717) is 11.5 Å². The number of nitriles is 1. The first kappa shape index (κ1) is 14.5. The highest BCUT2D eigenvalue weighted by Gasteiger charge is 2.28. The van der Waals surface area contributed by atoms with Gasteiger partial charge in [0, 0.05) is 44.1 Å². The molecule has 1 aliphatic rings. The van der Waals surface area contributed by atoms with Gasteiger partial charge in [-0.3, -0.25) is 9.67 Å². The Hall–Kier alpha value is -2.39. The van der Waals surface area contributed by atoms with Gasteiger partial charge in [0.05, 0.1) is 29.7 Å². The van der Waals surface area contributed by atoms with E-state index in [0.717, 1.165) is 37.2 Å². The summed E-state index contributed by atoms with van der Waals surface area (Å²) in [5.74, 6) is 0.352. The third-order valence-electron chi connectivity index (χ3n) is 3.99. The molecule has 0 bridgehead atoms. The molecule has 0 aliphatic carbocycles. The maximum absolute atomic E-state index is 9.13. The summed E-state index contributed by atoms with van der Waals surface area (Å²) >= 11 is 0. The summed E-state index contributed by atoms with van der Waals surface area (Å²) in [6, 6.07) is 3.90. The predicted octanol–water partition coefficient (Wildman–Crippen LogP) is 2.27. The fraction of sp³-hybridized carbons (Fsp3) is 0.438. The molecule has 0 saturated carbocycles. The van der Waals surface area contributed by atoms with Crippen LogP contribution in [0.2, 0.25) is 0 Å². The van der Waals surface area contributed by atoms with Crippen molar-refractivity contribution in [1.29, 1.82) is 5.26 Å². The van der Waals surface area contributed by atoms with Crippen molar-refractivity contribution in [3.63, 3.8) is 0 Å². The molecule has 2 aromatic rings. The third-order valence-corrected chi connectivity index (χ3v) is 3.99. The summed E-state index contributed by atoms with van der Waals surface area (Å²) in [6.07, 6.45) is 9.40. The van der Waals surface area contributed by atoms with E-state index >= 15 is 0 Å². The highest BCUT2D eigenvalue weighted by Crippen LogP contribution is 2.33. The molecule has 0 amide bonds. The Bertz CT molecular complexity index is 675. The molecule has 1 fully saturated rings. The Morgan fingerprint density at radius 3 is 3.18 bits per heavy atom. The number of aryl methyl sites for hydroxylation is 1. The van der Waals surface area contributed by atoms with Gasteiger partial charge < -0.3 is 10.1 Å². The molecule has 1 N–H and O–H groups in total. The number of aromatic nitrogens is 3. The van der Waals surface area contributed by atoms with E-state index in [9.17, 15) is 0 Å². The molecular weight excluding hydrogens is 278 g/mol. The maximum Gasteiger partial charge on any atom is 0.101 e. The number of rotatable bonds is 4. The lowest BCUT2D eigenvalue weighted by atomic mass is 9.90. The molecule has 0 radical (unpaired) electrons. The smallest absolute Gasteiger partial charge is 0.101 e. The Kier molecular flexibility index (Phi) is 4.35. The highest BCUT2D eigenvalue weighted by atomic mass is 16.5. The number of anilines is 1. The average Bonchev–Trinajstić information content (AvgIpc) is 3.00. The topological polar surface area (TPSA) is 75.8 Å². The fourth-order valence-corrected chi connectivity index (χ4v) is 2.88. The van der Waals surface area contributed by atoms with Crippen molar-refractivity contribution in [3.05, 3.63) is 42.0 Å². The average molecular weight is 297 g/mol. The van der Waals surface area contributed by atoms with Crippen LogP contribution in [0.25, 0.3) is 0 Å². The number of hydrogen-bond donors (Lipinski definition) is 1. The fourth-order valence-electron chi connectivity index (χ4n) is 2.88. The number of nitrogens with one attached hydrogen (secondary N) is 1. The van der Waals surface area contributed by atoms with Gasteiger partial charge in [-0.2, -0.15) is 10.4 Å². The van der Waals surface area contributed by atoms with E-state index in [1.54, 1.807) is 23.1 Å². The maximum atomic E-state index is 9.13. The van der Waals surface area contributed by atoms with Crippen LogP contribution in [0.15, 0.2) is 30.9 Å². The monoisotopic (exact) mass is 297 g/mol.